The first-order valence-electron chi connectivity index (χ1n) is 11.7. The average Bonchev–Trinajstić information content (AvgIpc) is 3.15. The van der Waals surface area contributed by atoms with Crippen LogP contribution >= 0.6 is 46.6 Å². The molecule has 4 rings (SSSR count). The Kier molecular flexibility index (Phi) is 8.75. The lowest BCUT2D eigenvalue weighted by Crippen LogP contribution is -2.28. The normalized spacial score (nSPS) is 15.6. The van der Waals surface area contributed by atoms with Crippen LogP contribution in [0.3, 0.4) is 0 Å². The maximum Gasteiger partial charge on any atom is 0.271 e. The maximum absolute atomic E-state index is 13.7. The summed E-state index contributed by atoms with van der Waals surface area (Å²) in [6.07, 6.45) is 1.77. The summed E-state index contributed by atoms with van der Waals surface area (Å²) >= 11 is 20.5. The second kappa shape index (κ2) is 11.8. The van der Waals surface area contributed by atoms with Crippen LogP contribution in [0.1, 0.15) is 30.5 Å². The van der Waals surface area contributed by atoms with Crippen molar-refractivity contribution in [2.75, 3.05) is 18.1 Å². The van der Waals surface area contributed by atoms with Gasteiger partial charge in [-0.05, 0) is 98.6 Å². The molecule has 0 bridgehead atoms. The summed E-state index contributed by atoms with van der Waals surface area (Å²) in [4.78, 5) is 20.5. The average molecular weight is 576 g/mol. The number of amidine groups is 1. The predicted molar refractivity (Wildman–Crippen MR) is 156 cm³/mol. The lowest BCUT2D eigenvalue weighted by atomic mass is 10.1. The number of benzene rings is 3. The van der Waals surface area contributed by atoms with E-state index in [9.17, 15) is 4.79 Å². The molecule has 9 heteroatoms. The maximum atomic E-state index is 13.7. The highest BCUT2D eigenvalue weighted by Gasteiger charge is 2.35. The molecule has 0 radical (unpaired) electrons. The topological polar surface area (TPSA) is 51.1 Å². The van der Waals surface area contributed by atoms with E-state index in [-0.39, 0.29) is 5.91 Å². The van der Waals surface area contributed by atoms with Gasteiger partial charge < -0.3 is 9.47 Å². The zero-order chi connectivity index (χ0) is 26.7. The SMILES string of the molecule is CCOc1cc(/C=C2/SC(=Nc3ccc(C)c(Cl)c3)N(c3ccc(C)c(Cl)c3)C2=O)cc(Cl)c1OCC. The van der Waals surface area contributed by atoms with E-state index in [0.29, 0.717) is 66.8 Å². The van der Waals surface area contributed by atoms with E-state index in [1.54, 1.807) is 29.2 Å². The number of aryl methyl sites for hydroxylation is 2. The zero-order valence-electron chi connectivity index (χ0n) is 20.8. The number of hydrogen-bond donors (Lipinski definition) is 0. The minimum Gasteiger partial charge on any atom is -0.490 e. The molecule has 0 atom stereocenters. The van der Waals surface area contributed by atoms with Gasteiger partial charge in [0, 0.05) is 10.0 Å². The van der Waals surface area contributed by atoms with Gasteiger partial charge in [0.2, 0.25) is 0 Å². The molecule has 0 aliphatic carbocycles. The monoisotopic (exact) mass is 574 g/mol. The Hall–Kier alpha value is -2.64. The summed E-state index contributed by atoms with van der Waals surface area (Å²) in [5, 5.41) is 2.05. The van der Waals surface area contributed by atoms with E-state index in [0.717, 1.165) is 11.1 Å². The van der Waals surface area contributed by atoms with Crippen molar-refractivity contribution in [1.29, 1.82) is 0 Å². The minimum atomic E-state index is -0.232. The second-order valence-electron chi connectivity index (χ2n) is 8.21. The van der Waals surface area contributed by atoms with Crippen molar-refractivity contribution in [1.82, 2.24) is 0 Å². The highest BCUT2D eigenvalue weighted by Crippen LogP contribution is 2.41. The number of carbonyl (C=O) groups is 1. The largest absolute Gasteiger partial charge is 0.490 e. The zero-order valence-corrected chi connectivity index (χ0v) is 23.9. The van der Waals surface area contributed by atoms with Gasteiger partial charge in [0.25, 0.3) is 5.91 Å². The Balaban J connectivity index is 1.80. The third-order valence-corrected chi connectivity index (χ3v) is 7.58. The van der Waals surface area contributed by atoms with Crippen molar-refractivity contribution < 1.29 is 14.3 Å². The third kappa shape index (κ3) is 6.10. The number of amides is 1. The second-order valence-corrected chi connectivity index (χ2v) is 10.4. The summed E-state index contributed by atoms with van der Waals surface area (Å²) in [5.41, 5.74) is 3.82. The van der Waals surface area contributed by atoms with Crippen LogP contribution in [-0.2, 0) is 4.79 Å². The number of aliphatic imine (C=N–C) groups is 1. The molecule has 1 heterocycles. The molecule has 0 unspecified atom stereocenters. The van der Waals surface area contributed by atoms with E-state index >= 15 is 0 Å². The Morgan fingerprint density at radius 3 is 2.22 bits per heavy atom. The first-order chi connectivity index (χ1) is 17.7. The Bertz CT molecular complexity index is 1420. The summed E-state index contributed by atoms with van der Waals surface area (Å²) in [5.74, 6) is 0.766. The van der Waals surface area contributed by atoms with Crippen molar-refractivity contribution in [3.63, 3.8) is 0 Å². The van der Waals surface area contributed by atoms with E-state index < -0.39 is 0 Å². The summed E-state index contributed by atoms with van der Waals surface area (Å²) in [6.45, 7) is 8.49. The van der Waals surface area contributed by atoms with Crippen LogP contribution in [0.4, 0.5) is 11.4 Å². The fraction of sp³-hybridized carbons (Fsp3) is 0.214. The molecule has 0 spiro atoms. The number of ether oxygens (including phenoxy) is 2. The lowest BCUT2D eigenvalue weighted by molar-refractivity contribution is -0.113. The molecule has 0 aromatic heterocycles. The van der Waals surface area contributed by atoms with Gasteiger partial charge in [-0.15, -0.1) is 0 Å². The molecule has 1 aliphatic heterocycles. The standard InChI is InChI=1S/C28H25Cl3N2O3S/c1-5-35-24-12-18(11-23(31)26(24)36-6-2)13-25-27(34)33(20-10-8-17(4)22(30)15-20)28(37-25)32-19-9-7-16(3)21(29)14-19/h7-15H,5-6H2,1-4H3/b25-13+,32-28?. The van der Waals surface area contributed by atoms with Crippen LogP contribution < -0.4 is 14.4 Å². The van der Waals surface area contributed by atoms with Crippen LogP contribution in [0.2, 0.25) is 15.1 Å². The molecule has 3 aromatic carbocycles. The number of nitrogens with zero attached hydrogens (tertiary/aromatic N) is 2. The molecule has 1 saturated heterocycles. The van der Waals surface area contributed by atoms with E-state index in [1.807, 2.05) is 58.0 Å². The number of carbonyl (C=O) groups excluding carboxylic acids is 1. The van der Waals surface area contributed by atoms with Crippen LogP contribution in [0.15, 0.2) is 58.4 Å². The number of anilines is 1. The first kappa shape index (κ1) is 27.4. The number of halogens is 3. The first-order valence-corrected chi connectivity index (χ1v) is 13.6. The highest BCUT2D eigenvalue weighted by molar-refractivity contribution is 8.19. The van der Waals surface area contributed by atoms with Crippen molar-refractivity contribution in [3.05, 3.63) is 85.2 Å². The van der Waals surface area contributed by atoms with Crippen molar-refractivity contribution in [3.8, 4) is 11.5 Å². The smallest absolute Gasteiger partial charge is 0.271 e. The Morgan fingerprint density at radius 1 is 0.892 bits per heavy atom. The van der Waals surface area contributed by atoms with Crippen molar-refractivity contribution in [2.45, 2.75) is 27.7 Å². The Labute approximate surface area is 236 Å². The number of rotatable bonds is 7. The lowest BCUT2D eigenvalue weighted by Gasteiger charge is -2.16. The van der Waals surface area contributed by atoms with Gasteiger partial charge in [0.05, 0.1) is 34.5 Å². The van der Waals surface area contributed by atoms with Gasteiger partial charge in [-0.3, -0.25) is 9.69 Å². The Morgan fingerprint density at radius 2 is 1.57 bits per heavy atom. The molecule has 1 amide bonds. The molecule has 1 fully saturated rings. The highest BCUT2D eigenvalue weighted by atomic mass is 35.5. The summed E-state index contributed by atoms with van der Waals surface area (Å²) in [7, 11) is 0. The van der Waals surface area contributed by atoms with Crippen LogP contribution in [-0.4, -0.2) is 24.3 Å². The van der Waals surface area contributed by atoms with E-state index in [1.165, 1.54) is 11.8 Å². The molecule has 37 heavy (non-hydrogen) atoms. The van der Waals surface area contributed by atoms with Crippen LogP contribution in [0.5, 0.6) is 11.5 Å². The quantitative estimate of drug-likeness (QED) is 0.264. The van der Waals surface area contributed by atoms with Gasteiger partial charge >= 0.3 is 0 Å². The van der Waals surface area contributed by atoms with E-state index in [4.69, 9.17) is 49.3 Å². The molecular weight excluding hydrogens is 551 g/mol. The predicted octanol–water partition coefficient (Wildman–Crippen LogP) is 8.87. The van der Waals surface area contributed by atoms with Crippen LogP contribution in [0, 0.1) is 13.8 Å². The van der Waals surface area contributed by atoms with E-state index in [2.05, 4.69) is 0 Å². The minimum absolute atomic E-state index is 0.232. The molecule has 1 aliphatic rings. The van der Waals surface area contributed by atoms with Crippen LogP contribution in [0.25, 0.3) is 6.08 Å². The molecule has 3 aromatic rings. The molecule has 0 N–H and O–H groups in total. The number of thioether (sulfide) groups is 1. The van der Waals surface area contributed by atoms with Gasteiger partial charge in [0.1, 0.15) is 0 Å². The van der Waals surface area contributed by atoms with Gasteiger partial charge in [-0.1, -0.05) is 46.9 Å². The van der Waals surface area contributed by atoms with Crippen molar-refractivity contribution >= 4 is 75.1 Å². The molecule has 0 saturated carbocycles. The van der Waals surface area contributed by atoms with Crippen molar-refractivity contribution in [2.24, 2.45) is 4.99 Å². The molecule has 5 nitrogen and oxygen atoms in total. The fourth-order valence-corrected chi connectivity index (χ4v) is 5.25. The van der Waals surface area contributed by atoms with Gasteiger partial charge in [-0.2, -0.15) is 0 Å². The molecule has 192 valence electrons. The summed E-state index contributed by atoms with van der Waals surface area (Å²) < 4.78 is 11.4. The third-order valence-electron chi connectivity index (χ3n) is 5.52. The van der Waals surface area contributed by atoms with Gasteiger partial charge in [0.15, 0.2) is 16.7 Å². The summed E-state index contributed by atoms with van der Waals surface area (Å²) in [6, 6.07) is 14.6. The number of hydrogen-bond acceptors (Lipinski definition) is 5. The molecular formula is C28H25Cl3N2O3S. The van der Waals surface area contributed by atoms with Gasteiger partial charge in [-0.25, -0.2) is 4.99 Å². The fourth-order valence-electron chi connectivity index (χ4n) is 3.63.